The van der Waals surface area contributed by atoms with E-state index in [0.29, 0.717) is 22.6 Å². The smallest absolute Gasteiger partial charge is 0.255 e. The Labute approximate surface area is 203 Å². The van der Waals surface area contributed by atoms with Crippen LogP contribution in [0.5, 0.6) is 0 Å². The second-order valence-corrected chi connectivity index (χ2v) is 8.06. The van der Waals surface area contributed by atoms with Gasteiger partial charge in [-0.15, -0.1) is 5.10 Å². The molecule has 0 atom stereocenters. The number of nitrogens with two attached hydrogens (primary N) is 3. The molecular weight excluding hydrogens is 440 g/mol. The summed E-state index contributed by atoms with van der Waals surface area (Å²) in [5.41, 5.74) is 22.8. The Hall–Kier alpha value is -4.92. The third-order valence-corrected chi connectivity index (χ3v) is 5.46. The van der Waals surface area contributed by atoms with Crippen LogP contribution in [0.2, 0.25) is 0 Å². The zero-order valence-corrected chi connectivity index (χ0v) is 19.5. The van der Waals surface area contributed by atoms with Crippen molar-refractivity contribution >= 4 is 51.2 Å². The number of hydrogen-bond acceptors (Lipinski definition) is 5. The number of benzene rings is 3. The van der Waals surface area contributed by atoms with E-state index in [4.69, 9.17) is 17.2 Å². The number of amides is 1. The maximum Gasteiger partial charge on any atom is 0.255 e. The minimum absolute atomic E-state index is 0.113. The summed E-state index contributed by atoms with van der Waals surface area (Å²) in [7, 11) is 1.99. The lowest BCUT2D eigenvalue weighted by Gasteiger charge is -2.11. The molecule has 0 spiro atoms. The molecule has 0 aliphatic rings. The summed E-state index contributed by atoms with van der Waals surface area (Å²) in [6.45, 7) is 1.78. The molecule has 0 radical (unpaired) electrons. The third-order valence-electron chi connectivity index (χ3n) is 5.46. The second-order valence-electron chi connectivity index (χ2n) is 8.06. The van der Waals surface area contributed by atoms with Crippen molar-refractivity contribution in [3.63, 3.8) is 0 Å². The fourth-order valence-corrected chi connectivity index (χ4v) is 3.59. The summed E-state index contributed by atoms with van der Waals surface area (Å²) >= 11 is 0. The molecule has 35 heavy (non-hydrogen) atoms. The van der Waals surface area contributed by atoms with Gasteiger partial charge in [-0.1, -0.05) is 12.1 Å². The monoisotopic (exact) mass is 467 g/mol. The number of aromatic nitrogens is 1. The molecule has 0 saturated heterocycles. The van der Waals surface area contributed by atoms with Crippen molar-refractivity contribution in [2.24, 2.45) is 28.7 Å². The number of rotatable bonds is 6. The van der Waals surface area contributed by atoms with Gasteiger partial charge in [-0.25, -0.2) is 4.57 Å². The number of nitrogens with zero attached hydrogens (tertiary/aromatic N) is 3. The Morgan fingerprint density at radius 3 is 2.20 bits per heavy atom. The number of hydrogen-bond donors (Lipinski definition) is 5. The number of nitrogen functional groups attached to an aromatic ring is 1. The van der Waals surface area contributed by atoms with Gasteiger partial charge < -0.3 is 27.8 Å². The number of carbonyl (C=O) groups is 1. The summed E-state index contributed by atoms with van der Waals surface area (Å²) in [6.07, 6.45) is 1.99. The van der Waals surface area contributed by atoms with Crippen LogP contribution in [0.25, 0.3) is 10.9 Å². The lowest BCUT2D eigenvalue weighted by molar-refractivity contribution is -0.644. The van der Waals surface area contributed by atoms with Crippen LogP contribution in [0.3, 0.4) is 0 Å². The van der Waals surface area contributed by atoms with Gasteiger partial charge in [0.2, 0.25) is 11.5 Å². The zero-order valence-electron chi connectivity index (χ0n) is 19.5. The summed E-state index contributed by atoms with van der Waals surface area (Å²) in [4.78, 5) is 12.7. The van der Waals surface area contributed by atoms with Crippen LogP contribution in [0, 0.1) is 0 Å². The lowest BCUT2D eigenvalue weighted by atomic mass is 10.1. The Morgan fingerprint density at radius 1 is 0.857 bits per heavy atom. The Kier molecular flexibility index (Phi) is 6.59. The Balaban J connectivity index is 1.45. The Bertz CT molecular complexity index is 1440. The second kappa shape index (κ2) is 9.92. The molecule has 4 rings (SSSR count). The van der Waals surface area contributed by atoms with Gasteiger partial charge in [0.25, 0.3) is 5.91 Å². The number of guanidine groups is 1. The average Bonchev–Trinajstić information content (AvgIpc) is 2.85. The Morgan fingerprint density at radius 2 is 1.51 bits per heavy atom. The number of anilines is 4. The standard InChI is InChI=1S/C26H26N8O/c1-16(32-33-26(28)29)17-3-5-18(6-4-17)25(35)31-21-10-8-20(9-11-21)30-23-13-14-34(2)24-12-7-19(27)15-22(23)24/h3-15H,27H2,1-2H3,(H5,28,29,31,33,35)/p+1. The molecule has 0 unspecified atom stereocenters. The van der Waals surface area contributed by atoms with Crippen LogP contribution in [-0.2, 0) is 7.05 Å². The topological polar surface area (TPSA) is 148 Å². The predicted octanol–water partition coefficient (Wildman–Crippen LogP) is 3.24. The molecule has 9 heteroatoms. The molecule has 0 saturated carbocycles. The van der Waals surface area contributed by atoms with Crippen molar-refractivity contribution in [2.45, 2.75) is 6.92 Å². The number of aryl methyl sites for hydroxylation is 1. The van der Waals surface area contributed by atoms with Gasteiger partial charge >= 0.3 is 0 Å². The van der Waals surface area contributed by atoms with Crippen molar-refractivity contribution in [3.05, 3.63) is 90.1 Å². The van der Waals surface area contributed by atoms with Crippen LogP contribution >= 0.6 is 0 Å². The lowest BCUT2D eigenvalue weighted by Crippen LogP contribution is -2.28. The van der Waals surface area contributed by atoms with Gasteiger partial charge in [0, 0.05) is 34.8 Å². The molecule has 1 heterocycles. The van der Waals surface area contributed by atoms with Crippen LogP contribution in [-0.4, -0.2) is 17.6 Å². The van der Waals surface area contributed by atoms with E-state index in [1.807, 2.05) is 66.3 Å². The first-order valence-corrected chi connectivity index (χ1v) is 10.9. The van der Waals surface area contributed by atoms with E-state index in [9.17, 15) is 4.79 Å². The maximum atomic E-state index is 12.7. The largest absolute Gasteiger partial charge is 0.399 e. The highest BCUT2D eigenvalue weighted by atomic mass is 16.1. The van der Waals surface area contributed by atoms with E-state index in [-0.39, 0.29) is 11.9 Å². The van der Waals surface area contributed by atoms with Crippen LogP contribution in [0.15, 0.2) is 89.2 Å². The summed E-state index contributed by atoms with van der Waals surface area (Å²) in [5, 5.41) is 14.9. The third kappa shape index (κ3) is 5.53. The quantitative estimate of drug-likeness (QED) is 0.0971. The average molecular weight is 468 g/mol. The van der Waals surface area contributed by atoms with E-state index in [0.717, 1.165) is 27.8 Å². The summed E-state index contributed by atoms with van der Waals surface area (Å²) in [5.74, 6) is -0.328. The van der Waals surface area contributed by atoms with Crippen LogP contribution < -0.4 is 32.4 Å². The van der Waals surface area contributed by atoms with Gasteiger partial charge in [0.05, 0.1) is 16.8 Å². The van der Waals surface area contributed by atoms with Crippen molar-refractivity contribution in [2.75, 3.05) is 16.4 Å². The van der Waals surface area contributed by atoms with E-state index < -0.39 is 0 Å². The SMILES string of the molecule is C/C(=N\N=C(N)N)c1ccc(C(=O)Nc2ccc(Nc3cc[n+](C)c4ccc(N)cc34)cc2)cc1. The van der Waals surface area contributed by atoms with E-state index in [2.05, 4.69) is 20.8 Å². The first-order chi connectivity index (χ1) is 16.8. The molecule has 3 aromatic carbocycles. The van der Waals surface area contributed by atoms with Gasteiger partial charge in [-0.05, 0) is 61.0 Å². The van der Waals surface area contributed by atoms with Crippen LogP contribution in [0.4, 0.5) is 22.7 Å². The highest BCUT2D eigenvalue weighted by Gasteiger charge is 2.11. The van der Waals surface area contributed by atoms with Gasteiger partial charge in [-0.2, -0.15) is 5.10 Å². The van der Waals surface area contributed by atoms with Gasteiger partial charge in [0.15, 0.2) is 6.20 Å². The predicted molar refractivity (Wildman–Crippen MR) is 142 cm³/mol. The van der Waals surface area contributed by atoms with E-state index in [1.165, 1.54) is 0 Å². The number of fused-ring (bicyclic) bond motifs is 1. The molecule has 4 aromatic rings. The van der Waals surface area contributed by atoms with Crippen molar-refractivity contribution in [3.8, 4) is 0 Å². The number of carbonyl (C=O) groups excluding carboxylic acids is 1. The van der Waals surface area contributed by atoms with Gasteiger partial charge in [-0.3, -0.25) is 4.79 Å². The van der Waals surface area contributed by atoms with Crippen LogP contribution in [0.1, 0.15) is 22.8 Å². The number of pyridine rings is 1. The van der Waals surface area contributed by atoms with Gasteiger partial charge in [0.1, 0.15) is 7.05 Å². The normalized spacial score (nSPS) is 11.2. The minimum Gasteiger partial charge on any atom is -0.399 e. The fourth-order valence-electron chi connectivity index (χ4n) is 3.59. The van der Waals surface area contributed by atoms with Crippen molar-refractivity contribution < 1.29 is 9.36 Å². The highest BCUT2D eigenvalue weighted by Crippen LogP contribution is 2.26. The molecule has 0 aliphatic heterocycles. The molecule has 176 valence electrons. The maximum absolute atomic E-state index is 12.7. The molecule has 8 N–H and O–H groups in total. The zero-order chi connectivity index (χ0) is 24.9. The molecule has 1 amide bonds. The highest BCUT2D eigenvalue weighted by molar-refractivity contribution is 6.05. The first-order valence-electron chi connectivity index (χ1n) is 10.9. The number of nitrogens with one attached hydrogen (secondary N) is 2. The minimum atomic E-state index is -0.215. The summed E-state index contributed by atoms with van der Waals surface area (Å²) in [6, 6.07) is 22.4. The van der Waals surface area contributed by atoms with Crippen molar-refractivity contribution in [1.29, 1.82) is 0 Å². The van der Waals surface area contributed by atoms with Crippen molar-refractivity contribution in [1.82, 2.24) is 0 Å². The fraction of sp³-hybridized carbons (Fsp3) is 0.0769. The molecule has 1 aromatic heterocycles. The molecular formula is C26H27N8O+. The molecule has 0 fully saturated rings. The molecule has 0 bridgehead atoms. The van der Waals surface area contributed by atoms with E-state index in [1.54, 1.807) is 31.2 Å². The first kappa shape index (κ1) is 23.2. The molecule has 0 aliphatic carbocycles. The summed E-state index contributed by atoms with van der Waals surface area (Å²) < 4.78 is 2.04. The van der Waals surface area contributed by atoms with E-state index >= 15 is 0 Å². The molecule has 9 nitrogen and oxygen atoms in total.